The number of amides is 1. The van der Waals surface area contributed by atoms with Crippen LogP contribution in [0.25, 0.3) is 0 Å². The average molecular weight is 438 g/mol. The maximum absolute atomic E-state index is 13.8. The monoisotopic (exact) mass is 438 g/mol. The van der Waals surface area contributed by atoms with Gasteiger partial charge in [0.25, 0.3) is 0 Å². The summed E-state index contributed by atoms with van der Waals surface area (Å²) >= 11 is 1.71. The van der Waals surface area contributed by atoms with Crippen LogP contribution < -0.4 is 0 Å². The van der Waals surface area contributed by atoms with Gasteiger partial charge in [0.05, 0.1) is 12.2 Å². The predicted molar refractivity (Wildman–Crippen MR) is 85.8 cm³/mol. The van der Waals surface area contributed by atoms with Crippen LogP contribution in [-0.2, 0) is 14.3 Å². The van der Waals surface area contributed by atoms with E-state index in [2.05, 4.69) is 5.10 Å². The molecule has 0 spiro atoms. The molecule has 0 aromatic heterocycles. The van der Waals surface area contributed by atoms with E-state index < -0.39 is 34.9 Å². The van der Waals surface area contributed by atoms with Crippen molar-refractivity contribution in [2.24, 2.45) is 11.0 Å². The number of Topliss-reactive ketones (excluding diaryl/α,β-unsaturated/α-hetero) is 1. The Balaban J connectivity index is 3.25. The molecule has 1 unspecified atom stereocenters. The highest BCUT2D eigenvalue weighted by Gasteiger charge is 2.30. The van der Waals surface area contributed by atoms with Crippen molar-refractivity contribution in [1.29, 1.82) is 0 Å². The van der Waals surface area contributed by atoms with Gasteiger partial charge in [-0.2, -0.15) is 5.10 Å². The molecule has 1 aromatic carbocycles. The molecule has 6 nitrogen and oxygen atoms in total. The maximum atomic E-state index is 13.8. The zero-order valence-corrected chi connectivity index (χ0v) is 14.4. The van der Waals surface area contributed by atoms with Crippen LogP contribution in [0.5, 0.6) is 0 Å². The van der Waals surface area contributed by atoms with Crippen LogP contribution >= 0.6 is 22.6 Å². The van der Waals surface area contributed by atoms with Gasteiger partial charge >= 0.3 is 5.97 Å². The predicted octanol–water partition coefficient (Wildman–Crippen LogP) is 2.01. The van der Waals surface area contributed by atoms with Crippen LogP contribution in [0.3, 0.4) is 0 Å². The van der Waals surface area contributed by atoms with E-state index in [9.17, 15) is 23.2 Å². The number of rotatable bonds is 7. The van der Waals surface area contributed by atoms with Crippen molar-refractivity contribution in [3.63, 3.8) is 0 Å². The van der Waals surface area contributed by atoms with Crippen molar-refractivity contribution in [2.75, 3.05) is 13.7 Å². The fourth-order valence-electron chi connectivity index (χ4n) is 1.57. The van der Waals surface area contributed by atoms with Crippen molar-refractivity contribution in [2.45, 2.75) is 6.92 Å². The molecule has 124 valence electrons. The van der Waals surface area contributed by atoms with Crippen LogP contribution in [0.4, 0.5) is 8.78 Å². The number of hydrogen-bond acceptors (Lipinski definition) is 5. The third kappa shape index (κ3) is 5.05. The van der Waals surface area contributed by atoms with Crippen molar-refractivity contribution in [1.82, 2.24) is 5.01 Å². The molecule has 0 fully saturated rings. The van der Waals surface area contributed by atoms with Gasteiger partial charge in [0.15, 0.2) is 23.3 Å². The quantitative estimate of drug-likeness (QED) is 0.0955. The molecule has 0 N–H and O–H groups in total. The Morgan fingerprint density at radius 3 is 2.65 bits per heavy atom. The molecule has 0 saturated heterocycles. The molecule has 0 aliphatic carbocycles. The summed E-state index contributed by atoms with van der Waals surface area (Å²) in [5.41, 5.74) is -0.590. The first-order chi connectivity index (χ1) is 10.8. The molecule has 1 amide bonds. The Bertz CT molecular complexity index is 652. The number of esters is 1. The van der Waals surface area contributed by atoms with Crippen LogP contribution in [0.1, 0.15) is 17.3 Å². The molecule has 0 bridgehead atoms. The molecule has 1 aromatic rings. The second kappa shape index (κ2) is 8.65. The van der Waals surface area contributed by atoms with E-state index >= 15 is 0 Å². The number of carbonyl (C=O) groups is 3. The lowest BCUT2D eigenvalue weighted by Gasteiger charge is -2.12. The minimum absolute atomic E-state index is 0.0108. The lowest BCUT2D eigenvalue weighted by atomic mass is 9.98. The Labute approximate surface area is 144 Å². The number of carbonyl (C=O) groups excluding carboxylic acids is 3. The third-order valence-electron chi connectivity index (χ3n) is 2.63. The van der Waals surface area contributed by atoms with E-state index in [0.717, 1.165) is 23.4 Å². The highest BCUT2D eigenvalue weighted by Crippen LogP contribution is 2.20. The zero-order chi connectivity index (χ0) is 17.6. The SMILES string of the molecule is CCOC(=O)C(C=NN(C)C=O)C(=O)c1cc(I)cc(F)c1F. The summed E-state index contributed by atoms with van der Waals surface area (Å²) in [5, 5.41) is 4.38. The summed E-state index contributed by atoms with van der Waals surface area (Å²) in [4.78, 5) is 34.8. The maximum Gasteiger partial charge on any atom is 0.322 e. The molecule has 0 heterocycles. The van der Waals surface area contributed by atoms with Crippen molar-refractivity contribution in [3.8, 4) is 0 Å². The molecule has 1 atom stereocenters. The first-order valence-corrected chi connectivity index (χ1v) is 7.47. The third-order valence-corrected chi connectivity index (χ3v) is 3.25. The summed E-state index contributed by atoms with van der Waals surface area (Å²) in [7, 11) is 1.28. The highest BCUT2D eigenvalue weighted by molar-refractivity contribution is 14.1. The van der Waals surface area contributed by atoms with Crippen LogP contribution in [-0.4, -0.2) is 43.0 Å². The summed E-state index contributed by atoms with van der Waals surface area (Å²) < 4.78 is 32.3. The lowest BCUT2D eigenvalue weighted by molar-refractivity contribution is -0.144. The van der Waals surface area contributed by atoms with Crippen LogP contribution in [0, 0.1) is 21.1 Å². The molecule has 0 aliphatic heterocycles. The van der Waals surface area contributed by atoms with E-state index in [1.54, 1.807) is 22.6 Å². The number of ether oxygens (including phenoxy) is 1. The fraction of sp³-hybridized carbons (Fsp3) is 0.286. The summed E-state index contributed by atoms with van der Waals surface area (Å²) in [6.07, 6.45) is 1.20. The van der Waals surface area contributed by atoms with E-state index in [1.165, 1.54) is 14.0 Å². The second-order valence-electron chi connectivity index (χ2n) is 4.29. The van der Waals surface area contributed by atoms with E-state index in [-0.39, 0.29) is 10.2 Å². The largest absolute Gasteiger partial charge is 0.465 e. The van der Waals surface area contributed by atoms with Crippen molar-refractivity contribution < 1.29 is 27.9 Å². The highest BCUT2D eigenvalue weighted by atomic mass is 127. The summed E-state index contributed by atoms with van der Waals surface area (Å²) in [6.45, 7) is 1.52. The first-order valence-electron chi connectivity index (χ1n) is 6.39. The van der Waals surface area contributed by atoms with Gasteiger partial charge in [-0.15, -0.1) is 0 Å². The van der Waals surface area contributed by atoms with Gasteiger partial charge < -0.3 is 4.74 Å². The standard InChI is InChI=1S/C14H13F2IN2O4/c1-3-23-14(22)10(6-18-19(2)7-20)13(21)9-4-8(17)5-11(15)12(9)16/h4-7,10H,3H2,1-2H3. The van der Waals surface area contributed by atoms with Crippen molar-refractivity contribution in [3.05, 3.63) is 32.9 Å². The average Bonchev–Trinajstić information content (AvgIpc) is 2.50. The van der Waals surface area contributed by atoms with Gasteiger partial charge in [-0.25, -0.2) is 13.8 Å². The number of halogens is 3. The lowest BCUT2D eigenvalue weighted by Crippen LogP contribution is -2.29. The normalized spacial score (nSPS) is 12.0. The topological polar surface area (TPSA) is 76.0 Å². The van der Waals surface area contributed by atoms with Gasteiger partial charge in [0.1, 0.15) is 0 Å². The van der Waals surface area contributed by atoms with Crippen LogP contribution in [0.15, 0.2) is 17.2 Å². The molecule has 9 heteroatoms. The number of hydrazone groups is 1. The summed E-state index contributed by atoms with van der Waals surface area (Å²) in [6, 6.07) is 2.03. The molecule has 0 aliphatic rings. The Hall–Kier alpha value is -1.91. The minimum atomic E-state index is -1.59. The van der Waals surface area contributed by atoms with Crippen LogP contribution in [0.2, 0.25) is 0 Å². The number of ketones is 1. The molecular weight excluding hydrogens is 425 g/mol. The molecule has 23 heavy (non-hydrogen) atoms. The number of hydrogen-bond donors (Lipinski definition) is 0. The van der Waals surface area contributed by atoms with Crippen molar-refractivity contribution >= 4 is 47.0 Å². The minimum Gasteiger partial charge on any atom is -0.465 e. The second-order valence-corrected chi connectivity index (χ2v) is 5.53. The smallest absolute Gasteiger partial charge is 0.322 e. The number of benzene rings is 1. The van der Waals surface area contributed by atoms with Gasteiger partial charge in [-0.05, 0) is 41.6 Å². The first kappa shape index (κ1) is 19.1. The molecule has 0 saturated carbocycles. The zero-order valence-electron chi connectivity index (χ0n) is 12.3. The van der Waals surface area contributed by atoms with Gasteiger partial charge in [-0.1, -0.05) is 0 Å². The molecule has 0 radical (unpaired) electrons. The van der Waals surface area contributed by atoms with E-state index in [1.807, 2.05) is 0 Å². The van der Waals surface area contributed by atoms with Gasteiger partial charge in [0.2, 0.25) is 6.41 Å². The fourth-order valence-corrected chi connectivity index (χ4v) is 2.15. The Kier molecular flexibility index (Phi) is 7.20. The Morgan fingerprint density at radius 2 is 2.09 bits per heavy atom. The van der Waals surface area contributed by atoms with E-state index in [4.69, 9.17) is 4.74 Å². The molecule has 1 rings (SSSR count). The summed E-state index contributed by atoms with van der Waals surface area (Å²) in [5.74, 6) is -6.14. The van der Waals surface area contributed by atoms with Gasteiger partial charge in [0, 0.05) is 16.8 Å². The number of nitrogens with zero attached hydrogens (tertiary/aromatic N) is 2. The Morgan fingerprint density at radius 1 is 1.43 bits per heavy atom. The van der Waals surface area contributed by atoms with Gasteiger partial charge in [-0.3, -0.25) is 14.4 Å². The van der Waals surface area contributed by atoms with E-state index in [0.29, 0.717) is 6.41 Å². The molecular formula is C14H13F2IN2O4.